The van der Waals surface area contributed by atoms with Gasteiger partial charge < -0.3 is 9.64 Å². The Morgan fingerprint density at radius 1 is 0.958 bits per heavy atom. The smallest absolute Gasteiger partial charge is 0.231 e. The van der Waals surface area contributed by atoms with Gasteiger partial charge in [0.15, 0.2) is 0 Å². The fraction of sp³-hybridized carbons (Fsp3) is 0.286. The number of carbonyl (C=O) groups excluding carboxylic acids is 1. The molecule has 0 spiro atoms. The van der Waals surface area contributed by atoms with Crippen LogP contribution in [0.15, 0.2) is 73.3 Å². The summed E-state index contributed by atoms with van der Waals surface area (Å²) < 4.78 is 5.39. The van der Waals surface area contributed by atoms with Crippen molar-refractivity contribution < 1.29 is 9.53 Å². The number of nitrogens with zero attached hydrogens (tertiary/aromatic N) is 1. The SMILES string of the molecule is C=C[C@H](c1ccccc1)[C@H](C(=O)N1CCOCC1)c1ccccc1. The molecule has 0 radical (unpaired) electrons. The summed E-state index contributed by atoms with van der Waals surface area (Å²) in [6, 6.07) is 20.1. The van der Waals surface area contributed by atoms with E-state index in [2.05, 4.69) is 18.7 Å². The Kier molecular flexibility index (Phi) is 5.44. The predicted octanol–water partition coefficient (Wildman–Crippen LogP) is 3.60. The Morgan fingerprint density at radius 3 is 2.04 bits per heavy atom. The third kappa shape index (κ3) is 3.57. The molecule has 24 heavy (non-hydrogen) atoms. The molecule has 3 heteroatoms. The van der Waals surface area contributed by atoms with E-state index in [-0.39, 0.29) is 17.7 Å². The Bertz CT molecular complexity index is 663. The van der Waals surface area contributed by atoms with Gasteiger partial charge in [-0.2, -0.15) is 0 Å². The van der Waals surface area contributed by atoms with Gasteiger partial charge in [-0.1, -0.05) is 66.7 Å². The van der Waals surface area contributed by atoms with E-state index < -0.39 is 0 Å². The summed E-state index contributed by atoms with van der Waals surface area (Å²) in [5.74, 6) is -0.161. The molecule has 3 nitrogen and oxygen atoms in total. The standard InChI is InChI=1S/C21H23NO2/c1-2-19(17-9-5-3-6-10-17)20(18-11-7-4-8-12-18)21(23)22-13-15-24-16-14-22/h2-12,19-20H,1,13-16H2/t19-,20-/m1/s1. The van der Waals surface area contributed by atoms with Crippen LogP contribution in [0.1, 0.15) is 23.0 Å². The Morgan fingerprint density at radius 2 is 1.50 bits per heavy atom. The van der Waals surface area contributed by atoms with E-state index >= 15 is 0 Å². The highest BCUT2D eigenvalue weighted by Crippen LogP contribution is 2.35. The van der Waals surface area contributed by atoms with Crippen LogP contribution in [0, 0.1) is 0 Å². The number of benzene rings is 2. The molecule has 124 valence electrons. The van der Waals surface area contributed by atoms with E-state index in [9.17, 15) is 4.79 Å². The van der Waals surface area contributed by atoms with E-state index in [1.807, 2.05) is 59.5 Å². The van der Waals surface area contributed by atoms with E-state index in [1.54, 1.807) is 0 Å². The van der Waals surface area contributed by atoms with Gasteiger partial charge in [-0.05, 0) is 11.1 Å². The van der Waals surface area contributed by atoms with Crippen molar-refractivity contribution in [2.24, 2.45) is 0 Å². The summed E-state index contributed by atoms with van der Waals surface area (Å²) in [5, 5.41) is 0. The van der Waals surface area contributed by atoms with Gasteiger partial charge in [-0.15, -0.1) is 6.58 Å². The van der Waals surface area contributed by atoms with Crippen LogP contribution in [0.2, 0.25) is 0 Å². The van der Waals surface area contributed by atoms with E-state index in [0.717, 1.165) is 11.1 Å². The number of amides is 1. The lowest BCUT2D eigenvalue weighted by Crippen LogP contribution is -2.44. The summed E-state index contributed by atoms with van der Waals surface area (Å²) in [6.45, 7) is 6.54. The predicted molar refractivity (Wildman–Crippen MR) is 96.0 cm³/mol. The lowest BCUT2D eigenvalue weighted by molar-refractivity contribution is -0.137. The number of allylic oxidation sites excluding steroid dienone is 1. The molecule has 1 amide bonds. The van der Waals surface area contributed by atoms with Crippen molar-refractivity contribution in [3.8, 4) is 0 Å². The number of ether oxygens (including phenoxy) is 1. The van der Waals surface area contributed by atoms with Crippen molar-refractivity contribution in [3.05, 3.63) is 84.4 Å². The zero-order chi connectivity index (χ0) is 16.8. The monoisotopic (exact) mass is 321 g/mol. The van der Waals surface area contributed by atoms with Crippen LogP contribution >= 0.6 is 0 Å². The Labute approximate surface area is 143 Å². The number of hydrogen-bond donors (Lipinski definition) is 0. The van der Waals surface area contributed by atoms with Crippen molar-refractivity contribution >= 4 is 5.91 Å². The lowest BCUT2D eigenvalue weighted by Gasteiger charge is -2.33. The summed E-state index contributed by atoms with van der Waals surface area (Å²) in [4.78, 5) is 15.2. The van der Waals surface area contributed by atoms with Crippen molar-refractivity contribution in [3.63, 3.8) is 0 Å². The second kappa shape index (κ2) is 7.93. The first-order chi connectivity index (χ1) is 11.8. The zero-order valence-corrected chi connectivity index (χ0v) is 13.8. The van der Waals surface area contributed by atoms with Gasteiger partial charge in [0.1, 0.15) is 0 Å². The Hall–Kier alpha value is -2.39. The van der Waals surface area contributed by atoms with Crippen molar-refractivity contribution in [1.29, 1.82) is 0 Å². The molecule has 1 saturated heterocycles. The van der Waals surface area contributed by atoms with Gasteiger partial charge in [0, 0.05) is 19.0 Å². The Balaban J connectivity index is 1.98. The lowest BCUT2D eigenvalue weighted by atomic mass is 9.80. The average molecular weight is 321 g/mol. The van der Waals surface area contributed by atoms with Gasteiger partial charge in [0.2, 0.25) is 5.91 Å². The maximum atomic E-state index is 13.3. The topological polar surface area (TPSA) is 29.5 Å². The van der Waals surface area contributed by atoms with Crippen LogP contribution in [0.25, 0.3) is 0 Å². The summed E-state index contributed by atoms with van der Waals surface area (Å²) in [5.41, 5.74) is 2.14. The highest BCUT2D eigenvalue weighted by molar-refractivity contribution is 5.85. The molecule has 1 fully saturated rings. The number of hydrogen-bond acceptors (Lipinski definition) is 2. The quantitative estimate of drug-likeness (QED) is 0.788. The van der Waals surface area contributed by atoms with Crippen LogP contribution in [0.3, 0.4) is 0 Å². The maximum Gasteiger partial charge on any atom is 0.231 e. The van der Waals surface area contributed by atoms with Gasteiger partial charge >= 0.3 is 0 Å². The zero-order valence-electron chi connectivity index (χ0n) is 13.8. The number of carbonyl (C=O) groups is 1. The van der Waals surface area contributed by atoms with Crippen LogP contribution in [-0.4, -0.2) is 37.1 Å². The molecule has 0 aliphatic carbocycles. The highest BCUT2D eigenvalue weighted by atomic mass is 16.5. The van der Waals surface area contributed by atoms with Gasteiger partial charge in [-0.25, -0.2) is 0 Å². The molecule has 1 aliphatic rings. The minimum absolute atomic E-state index is 0.0519. The molecule has 2 aromatic carbocycles. The first kappa shape index (κ1) is 16.5. The first-order valence-electron chi connectivity index (χ1n) is 8.40. The molecule has 0 unspecified atom stereocenters. The van der Waals surface area contributed by atoms with E-state index in [4.69, 9.17) is 4.74 Å². The second-order valence-electron chi connectivity index (χ2n) is 6.00. The minimum atomic E-state index is -0.260. The summed E-state index contributed by atoms with van der Waals surface area (Å²) in [7, 11) is 0. The highest BCUT2D eigenvalue weighted by Gasteiger charge is 2.33. The van der Waals surface area contributed by atoms with Crippen molar-refractivity contribution in [1.82, 2.24) is 4.90 Å². The summed E-state index contributed by atoms with van der Waals surface area (Å²) in [6.07, 6.45) is 1.89. The molecule has 0 aromatic heterocycles. The van der Waals surface area contributed by atoms with E-state index in [0.29, 0.717) is 26.3 Å². The third-order valence-electron chi connectivity index (χ3n) is 4.55. The fourth-order valence-electron chi connectivity index (χ4n) is 3.28. The van der Waals surface area contributed by atoms with Gasteiger partial charge in [0.25, 0.3) is 0 Å². The van der Waals surface area contributed by atoms with Crippen LogP contribution in [0.5, 0.6) is 0 Å². The molecule has 3 rings (SSSR count). The normalized spacial score (nSPS) is 17.1. The van der Waals surface area contributed by atoms with E-state index in [1.165, 1.54) is 0 Å². The molecule has 2 atom stereocenters. The molecule has 0 saturated carbocycles. The summed E-state index contributed by atoms with van der Waals surface area (Å²) >= 11 is 0. The van der Waals surface area contributed by atoms with Crippen molar-refractivity contribution in [2.75, 3.05) is 26.3 Å². The molecular formula is C21H23NO2. The van der Waals surface area contributed by atoms with Gasteiger partial charge in [-0.3, -0.25) is 4.79 Å². The minimum Gasteiger partial charge on any atom is -0.378 e. The molecular weight excluding hydrogens is 298 g/mol. The molecule has 1 heterocycles. The van der Waals surface area contributed by atoms with Crippen molar-refractivity contribution in [2.45, 2.75) is 11.8 Å². The second-order valence-corrected chi connectivity index (χ2v) is 6.00. The van der Waals surface area contributed by atoms with Gasteiger partial charge in [0.05, 0.1) is 19.1 Å². The fourth-order valence-corrected chi connectivity index (χ4v) is 3.28. The number of rotatable bonds is 5. The molecule has 0 bridgehead atoms. The molecule has 1 aliphatic heterocycles. The van der Waals surface area contributed by atoms with Crippen LogP contribution in [-0.2, 0) is 9.53 Å². The number of morpholine rings is 1. The molecule has 2 aromatic rings. The van der Waals surface area contributed by atoms with Crippen LogP contribution in [0.4, 0.5) is 0 Å². The van der Waals surface area contributed by atoms with Crippen LogP contribution < -0.4 is 0 Å². The average Bonchev–Trinajstić information content (AvgIpc) is 2.67. The third-order valence-corrected chi connectivity index (χ3v) is 4.55. The molecule has 0 N–H and O–H groups in total. The largest absolute Gasteiger partial charge is 0.378 e. The maximum absolute atomic E-state index is 13.3. The first-order valence-corrected chi connectivity index (χ1v) is 8.40.